The molecule has 2 unspecified atom stereocenters. The molecule has 56 valence electrons. The minimum atomic E-state index is 0.485. The van der Waals surface area contributed by atoms with Crippen molar-refractivity contribution in [2.45, 2.75) is 25.9 Å². The van der Waals surface area contributed by atoms with Crippen LogP contribution in [0.1, 0.15) is 13.8 Å². The predicted molar refractivity (Wildman–Crippen MR) is 44.0 cm³/mol. The molecule has 1 saturated heterocycles. The first kappa shape index (κ1) is 8.09. The van der Waals surface area contributed by atoms with Gasteiger partial charge in [0.1, 0.15) is 0 Å². The fourth-order valence-corrected chi connectivity index (χ4v) is 1.33. The number of nitrogens with zero attached hydrogens (tertiary/aromatic N) is 2. The molecule has 1 aliphatic heterocycles. The number of hydrogen-bond acceptors (Lipinski definition) is 2. The van der Waals surface area contributed by atoms with Crippen molar-refractivity contribution in [1.29, 1.82) is 0 Å². The third kappa shape index (κ3) is 1.35. The van der Waals surface area contributed by atoms with Crippen LogP contribution in [0, 0.1) is 0 Å². The van der Waals surface area contributed by atoms with E-state index in [-0.39, 0.29) is 0 Å². The van der Waals surface area contributed by atoms with E-state index in [9.17, 15) is 0 Å². The van der Waals surface area contributed by atoms with Crippen LogP contribution in [0.5, 0.6) is 0 Å². The monoisotopic (exact) mass is 138 g/mol. The van der Waals surface area contributed by atoms with E-state index < -0.39 is 0 Å². The Morgan fingerprint density at radius 2 is 1.80 bits per heavy atom. The minimum Gasteiger partial charge on any atom is -0.349 e. The van der Waals surface area contributed by atoms with E-state index in [1.165, 1.54) is 0 Å². The van der Waals surface area contributed by atoms with Crippen LogP contribution in [0.4, 0.5) is 0 Å². The highest BCUT2D eigenvalue weighted by Crippen LogP contribution is 2.11. The second-order valence-corrected chi connectivity index (χ2v) is 3.20. The average molecular weight is 138 g/mol. The summed E-state index contributed by atoms with van der Waals surface area (Å²) in [5.41, 5.74) is 0. The van der Waals surface area contributed by atoms with E-state index in [4.69, 9.17) is 7.98 Å². The highest BCUT2D eigenvalue weighted by Gasteiger charge is 2.24. The summed E-state index contributed by atoms with van der Waals surface area (Å²) in [6.45, 7) is 6.45. The summed E-state index contributed by atoms with van der Waals surface area (Å²) in [6, 6.07) is 1.07. The lowest BCUT2D eigenvalue weighted by molar-refractivity contribution is 0.111. The Bertz CT molecular complexity index is 104. The summed E-state index contributed by atoms with van der Waals surface area (Å²) in [4.78, 5) is 4.26. The number of hydrogen-bond donors (Lipinski definition) is 0. The zero-order valence-electron chi connectivity index (χ0n) is 7.04. The summed E-state index contributed by atoms with van der Waals surface area (Å²) in [6.07, 6.45) is 0. The van der Waals surface area contributed by atoms with Gasteiger partial charge in [-0.25, -0.2) is 0 Å². The van der Waals surface area contributed by atoms with Crippen molar-refractivity contribution in [2.75, 3.05) is 20.1 Å². The molecule has 0 aromatic rings. The van der Waals surface area contributed by atoms with Crippen molar-refractivity contribution in [1.82, 2.24) is 9.71 Å². The molecule has 1 rings (SSSR count). The first-order valence-electron chi connectivity index (χ1n) is 3.84. The maximum atomic E-state index is 5.74. The van der Waals surface area contributed by atoms with Gasteiger partial charge in [-0.2, -0.15) is 0 Å². The average Bonchev–Trinajstić information content (AvgIpc) is 1.93. The van der Waals surface area contributed by atoms with E-state index in [0.29, 0.717) is 12.1 Å². The fourth-order valence-electron chi connectivity index (χ4n) is 1.33. The molecule has 0 bridgehead atoms. The highest BCUT2D eigenvalue weighted by atomic mass is 15.2. The normalized spacial score (nSPS) is 38.3. The Hall–Kier alpha value is -0.0151. The Kier molecular flexibility index (Phi) is 2.37. The molecule has 1 heterocycles. The third-order valence-corrected chi connectivity index (χ3v) is 2.63. The highest BCUT2D eigenvalue weighted by molar-refractivity contribution is 6.04. The molecule has 0 aromatic carbocycles. The van der Waals surface area contributed by atoms with Gasteiger partial charge in [-0.15, -0.1) is 0 Å². The quantitative estimate of drug-likeness (QED) is 0.438. The van der Waals surface area contributed by atoms with Crippen LogP contribution in [0.3, 0.4) is 0 Å². The van der Waals surface area contributed by atoms with Crippen LogP contribution in [-0.2, 0) is 0 Å². The fraction of sp³-hybridized carbons (Fsp3) is 1.00. The summed E-state index contributed by atoms with van der Waals surface area (Å²) < 4.78 is 0. The second-order valence-electron chi connectivity index (χ2n) is 3.20. The lowest BCUT2D eigenvalue weighted by Crippen LogP contribution is -2.54. The number of piperazine rings is 1. The zero-order valence-corrected chi connectivity index (χ0v) is 7.04. The molecular weight excluding hydrogens is 123 g/mol. The van der Waals surface area contributed by atoms with Crippen LogP contribution in [0.25, 0.3) is 0 Å². The molecule has 2 atom stereocenters. The molecule has 10 heavy (non-hydrogen) atoms. The van der Waals surface area contributed by atoms with Crippen molar-refractivity contribution >= 4 is 7.98 Å². The minimum absolute atomic E-state index is 0.485. The molecular formula is C7H15BN2. The smallest absolute Gasteiger partial charge is 0.182 e. The van der Waals surface area contributed by atoms with Gasteiger partial charge in [0.05, 0.1) is 0 Å². The van der Waals surface area contributed by atoms with Gasteiger partial charge in [-0.3, -0.25) is 0 Å². The molecule has 2 nitrogen and oxygen atoms in total. The van der Waals surface area contributed by atoms with Gasteiger partial charge >= 0.3 is 0 Å². The molecule has 0 amide bonds. The van der Waals surface area contributed by atoms with Crippen LogP contribution in [0.15, 0.2) is 0 Å². The summed E-state index contributed by atoms with van der Waals surface area (Å²) in [5, 5.41) is 0. The van der Waals surface area contributed by atoms with Crippen LogP contribution >= 0.6 is 0 Å². The Morgan fingerprint density at radius 1 is 1.20 bits per heavy atom. The topological polar surface area (TPSA) is 6.48 Å². The SMILES string of the molecule is [B]N1CCN(C)C(C)C1C. The van der Waals surface area contributed by atoms with E-state index in [2.05, 4.69) is 25.8 Å². The molecule has 3 heteroatoms. The van der Waals surface area contributed by atoms with Crippen molar-refractivity contribution < 1.29 is 0 Å². The lowest BCUT2D eigenvalue weighted by atomic mass is 10.0. The first-order chi connectivity index (χ1) is 4.63. The molecule has 1 aliphatic rings. The maximum absolute atomic E-state index is 5.74. The number of rotatable bonds is 0. The summed E-state index contributed by atoms with van der Waals surface area (Å²) in [7, 11) is 7.88. The van der Waals surface area contributed by atoms with Gasteiger partial charge in [-0.1, -0.05) is 0 Å². The summed E-state index contributed by atoms with van der Waals surface area (Å²) in [5.74, 6) is 0. The van der Waals surface area contributed by atoms with Gasteiger partial charge in [0.15, 0.2) is 7.98 Å². The van der Waals surface area contributed by atoms with Crippen molar-refractivity contribution in [3.63, 3.8) is 0 Å². The zero-order chi connectivity index (χ0) is 7.72. The van der Waals surface area contributed by atoms with E-state index in [1.807, 2.05) is 4.81 Å². The van der Waals surface area contributed by atoms with E-state index in [1.54, 1.807) is 0 Å². The lowest BCUT2D eigenvalue weighted by Gasteiger charge is -2.42. The van der Waals surface area contributed by atoms with E-state index in [0.717, 1.165) is 13.1 Å². The predicted octanol–water partition coefficient (Wildman–Crippen LogP) is 0.0943. The summed E-state index contributed by atoms with van der Waals surface area (Å²) >= 11 is 0. The van der Waals surface area contributed by atoms with Crippen LogP contribution < -0.4 is 0 Å². The van der Waals surface area contributed by atoms with Gasteiger partial charge in [0.25, 0.3) is 0 Å². The largest absolute Gasteiger partial charge is 0.349 e. The second kappa shape index (κ2) is 2.93. The van der Waals surface area contributed by atoms with Gasteiger partial charge in [0.2, 0.25) is 0 Å². The molecule has 0 spiro atoms. The van der Waals surface area contributed by atoms with Crippen molar-refractivity contribution in [3.8, 4) is 0 Å². The Balaban J connectivity index is 2.52. The molecule has 0 aliphatic carbocycles. The van der Waals surface area contributed by atoms with Crippen molar-refractivity contribution in [3.05, 3.63) is 0 Å². The van der Waals surface area contributed by atoms with Crippen LogP contribution in [0.2, 0.25) is 0 Å². The number of likely N-dealkylation sites (N-methyl/N-ethyl adjacent to an activating group) is 1. The van der Waals surface area contributed by atoms with Gasteiger partial charge in [0, 0.05) is 18.6 Å². The molecule has 0 saturated carbocycles. The van der Waals surface area contributed by atoms with Gasteiger partial charge in [-0.05, 0) is 27.4 Å². The third-order valence-electron chi connectivity index (χ3n) is 2.63. The molecule has 0 aromatic heterocycles. The Labute approximate surface area is 64.6 Å². The van der Waals surface area contributed by atoms with Crippen molar-refractivity contribution in [2.24, 2.45) is 0 Å². The van der Waals surface area contributed by atoms with Gasteiger partial charge < -0.3 is 9.71 Å². The first-order valence-corrected chi connectivity index (χ1v) is 3.84. The Morgan fingerprint density at radius 3 is 2.30 bits per heavy atom. The standard InChI is InChI=1S/C7H15BN2/c1-6-7(2)10(8)5-4-9(6)3/h6-7H,4-5H2,1-3H3. The van der Waals surface area contributed by atoms with Crippen LogP contribution in [-0.4, -0.2) is 49.9 Å². The molecule has 0 N–H and O–H groups in total. The molecule has 1 fully saturated rings. The molecule has 2 radical (unpaired) electrons. The maximum Gasteiger partial charge on any atom is 0.182 e. The van der Waals surface area contributed by atoms with E-state index >= 15 is 0 Å².